The van der Waals surface area contributed by atoms with Gasteiger partial charge in [0.25, 0.3) is 5.70 Å². The van der Waals surface area contributed by atoms with E-state index in [1.54, 1.807) is 6.07 Å². The van der Waals surface area contributed by atoms with Gasteiger partial charge in [-0.2, -0.15) is 0 Å². The highest BCUT2D eigenvalue weighted by molar-refractivity contribution is 9.10. The minimum Gasteiger partial charge on any atom is -0.481 e. The Morgan fingerprint density at radius 2 is 2.29 bits per heavy atom. The molecule has 0 aromatic heterocycles. The van der Waals surface area contributed by atoms with Crippen molar-refractivity contribution in [2.24, 2.45) is 0 Å². The van der Waals surface area contributed by atoms with Crippen molar-refractivity contribution in [3.63, 3.8) is 0 Å². The molecule has 0 radical (unpaired) electrons. The second-order valence-corrected chi connectivity index (χ2v) is 3.69. The third kappa shape index (κ3) is 1.50. The van der Waals surface area contributed by atoms with E-state index in [4.69, 9.17) is 4.74 Å². The van der Waals surface area contributed by atoms with Gasteiger partial charge in [-0.1, -0.05) is 12.1 Å². The molecular formula is C9H6BrNO3. The van der Waals surface area contributed by atoms with E-state index < -0.39 is 4.92 Å². The fourth-order valence-electron chi connectivity index (χ4n) is 1.26. The average Bonchev–Trinajstić information content (AvgIpc) is 2.17. The van der Waals surface area contributed by atoms with E-state index >= 15 is 0 Å². The number of ether oxygens (including phenoxy) is 1. The molecule has 5 heteroatoms. The van der Waals surface area contributed by atoms with E-state index in [0.29, 0.717) is 5.75 Å². The van der Waals surface area contributed by atoms with Crippen molar-refractivity contribution < 1.29 is 9.66 Å². The van der Waals surface area contributed by atoms with Gasteiger partial charge in [0.05, 0.1) is 9.40 Å². The van der Waals surface area contributed by atoms with Crippen LogP contribution in [0.1, 0.15) is 5.56 Å². The van der Waals surface area contributed by atoms with Crippen LogP contribution in [0.3, 0.4) is 0 Å². The Morgan fingerprint density at radius 3 is 3.00 bits per heavy atom. The Hall–Kier alpha value is -1.36. The standard InChI is InChI=1S/C9H6BrNO3/c10-8-3-1-2-6-4-7(11(12)13)5-14-9(6)8/h1-4H,5H2. The highest BCUT2D eigenvalue weighted by Gasteiger charge is 2.20. The Labute approximate surface area is 88.5 Å². The zero-order chi connectivity index (χ0) is 10.1. The Bertz CT molecular complexity index is 428. The van der Waals surface area contributed by atoms with Crippen LogP contribution in [-0.2, 0) is 0 Å². The SMILES string of the molecule is O=[N+]([O-])C1=Cc2cccc(Br)c2OC1. The van der Waals surface area contributed by atoms with Gasteiger partial charge in [0.2, 0.25) is 0 Å². The van der Waals surface area contributed by atoms with Gasteiger partial charge in [-0.3, -0.25) is 10.1 Å². The first-order valence-corrected chi connectivity index (χ1v) is 4.74. The van der Waals surface area contributed by atoms with Gasteiger partial charge in [0, 0.05) is 11.6 Å². The summed E-state index contributed by atoms with van der Waals surface area (Å²) in [6, 6.07) is 5.43. The normalized spacial score (nSPS) is 13.9. The van der Waals surface area contributed by atoms with Crippen LogP contribution in [0.25, 0.3) is 6.08 Å². The number of nitrogens with zero attached hydrogens (tertiary/aromatic N) is 1. The molecule has 1 aliphatic rings. The van der Waals surface area contributed by atoms with Crippen molar-refractivity contribution in [1.82, 2.24) is 0 Å². The van der Waals surface area contributed by atoms with Crippen molar-refractivity contribution in [3.8, 4) is 5.75 Å². The molecule has 0 atom stereocenters. The van der Waals surface area contributed by atoms with E-state index in [2.05, 4.69) is 15.9 Å². The summed E-state index contributed by atoms with van der Waals surface area (Å²) in [7, 11) is 0. The predicted octanol–water partition coefficient (Wildman–Crippen LogP) is 2.46. The fraction of sp³-hybridized carbons (Fsp3) is 0.111. The van der Waals surface area contributed by atoms with Crippen LogP contribution in [0.2, 0.25) is 0 Å². The van der Waals surface area contributed by atoms with Gasteiger partial charge in [-0.05, 0) is 22.0 Å². The van der Waals surface area contributed by atoms with E-state index in [1.807, 2.05) is 12.1 Å². The van der Waals surface area contributed by atoms with Gasteiger partial charge in [0.15, 0.2) is 6.61 Å². The maximum Gasteiger partial charge on any atom is 0.284 e. The van der Waals surface area contributed by atoms with Crippen LogP contribution in [-0.4, -0.2) is 11.5 Å². The molecule has 0 N–H and O–H groups in total. The maximum absolute atomic E-state index is 10.5. The molecule has 0 unspecified atom stereocenters. The number of hydrogen-bond acceptors (Lipinski definition) is 3. The van der Waals surface area contributed by atoms with Gasteiger partial charge in [-0.15, -0.1) is 0 Å². The zero-order valence-electron chi connectivity index (χ0n) is 7.07. The number of nitro groups is 1. The summed E-state index contributed by atoms with van der Waals surface area (Å²) in [4.78, 5) is 10.1. The maximum atomic E-state index is 10.5. The fourth-order valence-corrected chi connectivity index (χ4v) is 1.76. The molecule has 0 saturated heterocycles. The second kappa shape index (κ2) is 3.42. The molecule has 0 bridgehead atoms. The van der Waals surface area contributed by atoms with Crippen LogP contribution in [0.5, 0.6) is 5.75 Å². The van der Waals surface area contributed by atoms with Crippen LogP contribution in [0, 0.1) is 10.1 Å². The molecule has 4 nitrogen and oxygen atoms in total. The average molecular weight is 256 g/mol. The van der Waals surface area contributed by atoms with Crippen molar-refractivity contribution in [2.75, 3.05) is 6.61 Å². The number of halogens is 1. The van der Waals surface area contributed by atoms with Crippen molar-refractivity contribution in [1.29, 1.82) is 0 Å². The topological polar surface area (TPSA) is 52.4 Å². The molecule has 1 aromatic rings. The Balaban J connectivity index is 2.50. The monoisotopic (exact) mass is 255 g/mol. The first-order chi connectivity index (χ1) is 6.68. The van der Waals surface area contributed by atoms with E-state index in [-0.39, 0.29) is 12.3 Å². The number of hydrogen-bond donors (Lipinski definition) is 0. The molecule has 1 aromatic carbocycles. The van der Waals surface area contributed by atoms with E-state index in [1.165, 1.54) is 6.08 Å². The number of benzene rings is 1. The molecule has 0 fully saturated rings. The lowest BCUT2D eigenvalue weighted by Crippen LogP contribution is -2.13. The predicted molar refractivity (Wildman–Crippen MR) is 54.6 cm³/mol. The van der Waals surface area contributed by atoms with Gasteiger partial charge in [-0.25, -0.2) is 0 Å². The molecule has 1 heterocycles. The molecule has 0 aliphatic carbocycles. The molecule has 72 valence electrons. The van der Waals surface area contributed by atoms with Crippen LogP contribution >= 0.6 is 15.9 Å². The number of fused-ring (bicyclic) bond motifs is 1. The third-order valence-electron chi connectivity index (χ3n) is 1.92. The lowest BCUT2D eigenvalue weighted by Gasteiger charge is -2.14. The van der Waals surface area contributed by atoms with Crippen LogP contribution in [0.15, 0.2) is 28.4 Å². The molecule has 1 aliphatic heterocycles. The number of para-hydroxylation sites is 1. The largest absolute Gasteiger partial charge is 0.481 e. The first kappa shape index (κ1) is 9.21. The lowest BCUT2D eigenvalue weighted by atomic mass is 10.1. The summed E-state index contributed by atoms with van der Waals surface area (Å²) >= 11 is 3.31. The summed E-state index contributed by atoms with van der Waals surface area (Å²) in [5.41, 5.74) is 0.813. The van der Waals surface area contributed by atoms with E-state index in [9.17, 15) is 10.1 Å². The Morgan fingerprint density at radius 1 is 1.50 bits per heavy atom. The van der Waals surface area contributed by atoms with Crippen LogP contribution < -0.4 is 4.74 Å². The Kier molecular flexibility index (Phi) is 2.25. The van der Waals surface area contributed by atoms with Gasteiger partial charge < -0.3 is 4.74 Å². The minimum absolute atomic E-state index is 0.0165. The zero-order valence-corrected chi connectivity index (χ0v) is 8.65. The molecular weight excluding hydrogens is 250 g/mol. The first-order valence-electron chi connectivity index (χ1n) is 3.95. The smallest absolute Gasteiger partial charge is 0.284 e. The summed E-state index contributed by atoms with van der Waals surface area (Å²) in [5, 5.41) is 10.5. The van der Waals surface area contributed by atoms with E-state index in [0.717, 1.165) is 10.0 Å². The summed E-state index contributed by atoms with van der Waals surface area (Å²) in [5.74, 6) is 0.665. The lowest BCUT2D eigenvalue weighted by molar-refractivity contribution is -0.427. The second-order valence-electron chi connectivity index (χ2n) is 2.84. The van der Waals surface area contributed by atoms with Crippen molar-refractivity contribution in [2.45, 2.75) is 0 Å². The van der Waals surface area contributed by atoms with Crippen molar-refractivity contribution in [3.05, 3.63) is 44.0 Å². The van der Waals surface area contributed by atoms with Crippen molar-refractivity contribution >= 4 is 22.0 Å². The molecule has 0 amide bonds. The molecule has 0 saturated carbocycles. The van der Waals surface area contributed by atoms with Crippen LogP contribution in [0.4, 0.5) is 0 Å². The third-order valence-corrected chi connectivity index (χ3v) is 2.54. The molecule has 2 rings (SSSR count). The minimum atomic E-state index is -0.427. The number of rotatable bonds is 1. The summed E-state index contributed by atoms with van der Waals surface area (Å²) in [6.45, 7) is 0.0165. The van der Waals surface area contributed by atoms with Gasteiger partial charge >= 0.3 is 0 Å². The quantitative estimate of drug-likeness (QED) is 0.572. The van der Waals surface area contributed by atoms with Gasteiger partial charge in [0.1, 0.15) is 5.75 Å². The highest BCUT2D eigenvalue weighted by Crippen LogP contribution is 2.33. The highest BCUT2D eigenvalue weighted by atomic mass is 79.9. The summed E-state index contributed by atoms with van der Waals surface area (Å²) in [6.07, 6.45) is 1.53. The molecule has 14 heavy (non-hydrogen) atoms. The molecule has 0 spiro atoms. The summed E-state index contributed by atoms with van der Waals surface area (Å²) < 4.78 is 6.08.